The van der Waals surface area contributed by atoms with Gasteiger partial charge in [0.1, 0.15) is 18.1 Å². The Morgan fingerprint density at radius 3 is 2.71 bits per heavy atom. The van der Waals surface area contributed by atoms with Gasteiger partial charge in [0.05, 0.1) is 7.11 Å². The fraction of sp³-hybridized carbons (Fsp3) is 0.333. The average molecular weight is 235 g/mol. The second-order valence-electron chi connectivity index (χ2n) is 3.69. The number of carbonyl (C=O) groups excluding carboxylic acids is 2. The number of aldehydes is 1. The van der Waals surface area contributed by atoms with E-state index in [1.807, 2.05) is 0 Å². The smallest absolute Gasteiger partial charge is 0.259 e. The van der Waals surface area contributed by atoms with E-state index >= 15 is 0 Å². The van der Waals surface area contributed by atoms with Crippen LogP contribution in [0.4, 0.5) is 5.69 Å². The fourth-order valence-corrected chi connectivity index (χ4v) is 1.92. The van der Waals surface area contributed by atoms with Crippen LogP contribution in [0.15, 0.2) is 24.3 Å². The second kappa shape index (κ2) is 4.55. The summed E-state index contributed by atoms with van der Waals surface area (Å²) in [6, 6.07) is 6.45. The molecule has 90 valence electrons. The molecule has 0 saturated carbocycles. The van der Waals surface area contributed by atoms with E-state index in [1.54, 1.807) is 31.4 Å². The van der Waals surface area contributed by atoms with E-state index in [-0.39, 0.29) is 5.91 Å². The summed E-state index contributed by atoms with van der Waals surface area (Å²) in [5.74, 6) is 0.429. The van der Waals surface area contributed by atoms with Crippen molar-refractivity contribution < 1.29 is 19.1 Å². The van der Waals surface area contributed by atoms with Gasteiger partial charge in [0.25, 0.3) is 5.91 Å². The molecule has 2 rings (SSSR count). The maximum absolute atomic E-state index is 11.8. The molecular formula is C12H13NO4. The molecule has 0 unspecified atom stereocenters. The lowest BCUT2D eigenvalue weighted by Crippen LogP contribution is -2.66. The summed E-state index contributed by atoms with van der Waals surface area (Å²) in [6.07, 6.45) is 0.0494. The lowest BCUT2D eigenvalue weighted by Gasteiger charge is -2.42. The molecule has 2 atom stereocenters. The van der Waals surface area contributed by atoms with Crippen LogP contribution in [-0.4, -0.2) is 38.6 Å². The molecule has 1 amide bonds. The van der Waals surface area contributed by atoms with Crippen LogP contribution in [0.25, 0.3) is 0 Å². The minimum Gasteiger partial charge on any atom is -0.497 e. The topological polar surface area (TPSA) is 55.8 Å². The number of ether oxygens (including phenoxy) is 2. The predicted molar refractivity (Wildman–Crippen MR) is 61.1 cm³/mol. The van der Waals surface area contributed by atoms with Gasteiger partial charge in [0, 0.05) is 18.9 Å². The van der Waals surface area contributed by atoms with Gasteiger partial charge in [-0.2, -0.15) is 0 Å². The van der Waals surface area contributed by atoms with Crippen LogP contribution in [0.5, 0.6) is 5.75 Å². The highest BCUT2D eigenvalue weighted by Gasteiger charge is 2.48. The Hall–Kier alpha value is -1.88. The normalized spacial score (nSPS) is 23.2. The number of rotatable bonds is 4. The van der Waals surface area contributed by atoms with Gasteiger partial charge in [-0.15, -0.1) is 0 Å². The molecule has 0 spiro atoms. The van der Waals surface area contributed by atoms with E-state index in [4.69, 9.17) is 9.47 Å². The molecule has 0 aromatic heterocycles. The Morgan fingerprint density at radius 1 is 1.35 bits per heavy atom. The third-order valence-electron chi connectivity index (χ3n) is 2.81. The van der Waals surface area contributed by atoms with Crippen LogP contribution in [0.3, 0.4) is 0 Å². The zero-order valence-electron chi connectivity index (χ0n) is 9.62. The molecule has 1 fully saturated rings. The van der Waals surface area contributed by atoms with Gasteiger partial charge in [-0.25, -0.2) is 0 Å². The minimum atomic E-state index is -0.668. The highest BCUT2D eigenvalue weighted by atomic mass is 16.5. The first kappa shape index (κ1) is 11.6. The molecule has 0 radical (unpaired) electrons. The molecule has 1 aliphatic heterocycles. The molecule has 5 heteroatoms. The molecule has 0 bridgehead atoms. The van der Waals surface area contributed by atoms with Crippen LogP contribution in [0, 0.1) is 0 Å². The molecular weight excluding hydrogens is 222 g/mol. The SMILES string of the molecule is COc1cccc(N2C(=O)[C@@H](OC)[C@@H]2C=O)c1. The minimum absolute atomic E-state index is 0.210. The molecule has 1 aliphatic rings. The van der Waals surface area contributed by atoms with E-state index in [2.05, 4.69) is 0 Å². The van der Waals surface area contributed by atoms with Crippen molar-refractivity contribution in [3.05, 3.63) is 24.3 Å². The third kappa shape index (κ3) is 1.78. The molecule has 1 aromatic carbocycles. The number of methoxy groups -OCH3 is 2. The number of anilines is 1. The Kier molecular flexibility index (Phi) is 3.10. The van der Waals surface area contributed by atoms with Crippen LogP contribution in [0.2, 0.25) is 0 Å². The highest BCUT2D eigenvalue weighted by molar-refractivity contribution is 6.10. The van der Waals surface area contributed by atoms with Crippen LogP contribution in [-0.2, 0) is 14.3 Å². The van der Waals surface area contributed by atoms with Gasteiger partial charge in [0.2, 0.25) is 0 Å². The van der Waals surface area contributed by atoms with Crippen molar-refractivity contribution in [1.82, 2.24) is 0 Å². The van der Waals surface area contributed by atoms with Gasteiger partial charge in [-0.1, -0.05) is 6.07 Å². The van der Waals surface area contributed by atoms with Crippen molar-refractivity contribution >= 4 is 17.9 Å². The monoisotopic (exact) mass is 235 g/mol. The number of hydrogen-bond donors (Lipinski definition) is 0. The molecule has 1 saturated heterocycles. The van der Waals surface area contributed by atoms with Crippen molar-refractivity contribution in [1.29, 1.82) is 0 Å². The second-order valence-corrected chi connectivity index (χ2v) is 3.69. The van der Waals surface area contributed by atoms with Gasteiger partial charge in [-0.3, -0.25) is 9.69 Å². The number of carbonyl (C=O) groups is 2. The number of nitrogens with zero attached hydrogens (tertiary/aromatic N) is 1. The summed E-state index contributed by atoms with van der Waals surface area (Å²) in [5, 5.41) is 0. The van der Waals surface area contributed by atoms with Crippen molar-refractivity contribution in [2.45, 2.75) is 12.1 Å². The fourth-order valence-electron chi connectivity index (χ4n) is 1.92. The molecule has 0 aliphatic carbocycles. The summed E-state index contributed by atoms with van der Waals surface area (Å²) in [5.41, 5.74) is 0.639. The van der Waals surface area contributed by atoms with Crippen molar-refractivity contribution in [3.8, 4) is 5.75 Å². The van der Waals surface area contributed by atoms with Gasteiger partial charge in [0.15, 0.2) is 6.10 Å². The Morgan fingerprint density at radius 2 is 2.12 bits per heavy atom. The lowest BCUT2D eigenvalue weighted by molar-refractivity contribution is -0.142. The first-order valence-corrected chi connectivity index (χ1v) is 5.18. The van der Waals surface area contributed by atoms with Gasteiger partial charge >= 0.3 is 0 Å². The maximum atomic E-state index is 11.8. The average Bonchev–Trinajstić information content (AvgIpc) is 2.36. The molecule has 17 heavy (non-hydrogen) atoms. The predicted octanol–water partition coefficient (Wildman–Crippen LogP) is 0.624. The molecule has 1 heterocycles. The van der Waals surface area contributed by atoms with E-state index in [9.17, 15) is 9.59 Å². The summed E-state index contributed by atoms with van der Waals surface area (Å²) < 4.78 is 10.0. The van der Waals surface area contributed by atoms with Gasteiger partial charge in [-0.05, 0) is 12.1 Å². The number of amides is 1. The first-order chi connectivity index (χ1) is 8.22. The van der Waals surface area contributed by atoms with E-state index in [0.29, 0.717) is 11.4 Å². The van der Waals surface area contributed by atoms with Crippen LogP contribution >= 0.6 is 0 Å². The maximum Gasteiger partial charge on any atom is 0.259 e. The summed E-state index contributed by atoms with van der Waals surface area (Å²) in [6.45, 7) is 0. The summed E-state index contributed by atoms with van der Waals surface area (Å²) >= 11 is 0. The summed E-state index contributed by atoms with van der Waals surface area (Å²) in [7, 11) is 2.97. The van der Waals surface area contributed by atoms with E-state index in [1.165, 1.54) is 12.0 Å². The molecule has 0 N–H and O–H groups in total. The highest BCUT2D eigenvalue weighted by Crippen LogP contribution is 2.30. The van der Waals surface area contributed by atoms with Crippen molar-refractivity contribution in [3.63, 3.8) is 0 Å². The van der Waals surface area contributed by atoms with Crippen molar-refractivity contribution in [2.24, 2.45) is 0 Å². The summed E-state index contributed by atoms with van der Waals surface area (Å²) in [4.78, 5) is 24.1. The lowest BCUT2D eigenvalue weighted by atomic mass is 9.98. The van der Waals surface area contributed by atoms with Crippen LogP contribution in [0.1, 0.15) is 0 Å². The Labute approximate surface area is 98.9 Å². The standard InChI is InChI=1S/C12H13NO4/c1-16-9-5-3-4-8(6-9)13-10(7-14)11(17-2)12(13)15/h3-7,10-11H,1-2H3/t10-,11-/m0/s1. The van der Waals surface area contributed by atoms with Crippen LogP contribution < -0.4 is 9.64 Å². The molecule has 5 nitrogen and oxygen atoms in total. The molecule has 1 aromatic rings. The number of β-lactam (4-membered cyclic amide) rings is 1. The Balaban J connectivity index is 2.27. The van der Waals surface area contributed by atoms with Crippen molar-refractivity contribution in [2.75, 3.05) is 19.1 Å². The number of hydrogen-bond acceptors (Lipinski definition) is 4. The third-order valence-corrected chi connectivity index (χ3v) is 2.81. The van der Waals surface area contributed by atoms with Gasteiger partial charge < -0.3 is 14.3 Å². The zero-order chi connectivity index (χ0) is 12.4. The Bertz CT molecular complexity index is 446. The zero-order valence-corrected chi connectivity index (χ0v) is 9.62. The quantitative estimate of drug-likeness (QED) is 0.567. The largest absolute Gasteiger partial charge is 0.497 e. The van der Waals surface area contributed by atoms with E-state index in [0.717, 1.165) is 6.29 Å². The van der Waals surface area contributed by atoms with E-state index < -0.39 is 12.1 Å². The first-order valence-electron chi connectivity index (χ1n) is 5.18. The number of benzene rings is 1.